The van der Waals surface area contributed by atoms with Gasteiger partial charge >= 0.3 is 196 Å². The molecule has 0 radical (unpaired) electrons. The Labute approximate surface area is 195 Å². The fourth-order valence-electron chi connectivity index (χ4n) is 3.38. The summed E-state index contributed by atoms with van der Waals surface area (Å²) in [5.41, 5.74) is 0. The first-order valence-electron chi connectivity index (χ1n) is 10.9. The Balaban J connectivity index is 2.26. The number of benzene rings is 3. The molecule has 0 atom stereocenters. The third-order valence-electron chi connectivity index (χ3n) is 4.41. The predicted octanol–water partition coefficient (Wildman–Crippen LogP) is 4.56. The summed E-state index contributed by atoms with van der Waals surface area (Å²) in [7, 11) is 0. The van der Waals surface area contributed by atoms with Gasteiger partial charge in [0.05, 0.1) is 0 Å². The molecule has 0 aromatic heterocycles. The van der Waals surface area contributed by atoms with Crippen molar-refractivity contribution in [3.8, 4) is 17.2 Å². The van der Waals surface area contributed by atoms with Gasteiger partial charge in [-0.25, -0.2) is 0 Å². The van der Waals surface area contributed by atoms with Crippen molar-refractivity contribution in [2.45, 2.75) is 59.9 Å². The van der Waals surface area contributed by atoms with Crippen molar-refractivity contribution in [1.29, 1.82) is 0 Å². The van der Waals surface area contributed by atoms with Crippen LogP contribution in [0.2, 0.25) is 0 Å². The Hall–Kier alpha value is -2.06. The fraction of sp³-hybridized carbons (Fsp3) is 0.333. The molecule has 3 aromatic carbocycles. The second-order valence-corrected chi connectivity index (χ2v) is 16.5. The maximum absolute atomic E-state index is 6.28. The molecule has 0 aliphatic carbocycles. The first-order valence-corrected chi connectivity index (χ1v) is 16.2. The van der Waals surface area contributed by atoms with Crippen LogP contribution in [-0.2, 0) is 0 Å². The first kappa shape index (κ1) is 23.6. The van der Waals surface area contributed by atoms with Gasteiger partial charge < -0.3 is 0 Å². The first-order chi connectivity index (χ1) is 14.9. The van der Waals surface area contributed by atoms with E-state index < -0.39 is 21.8 Å². The van der Waals surface area contributed by atoms with Crippen LogP contribution in [0.25, 0.3) is 0 Å². The summed E-state index contributed by atoms with van der Waals surface area (Å²) in [4.78, 5) is 0. The van der Waals surface area contributed by atoms with E-state index in [0.717, 1.165) is 17.2 Å². The van der Waals surface area contributed by atoms with E-state index in [-0.39, 0.29) is 18.3 Å². The molecule has 3 aromatic rings. The van der Waals surface area contributed by atoms with Crippen molar-refractivity contribution in [3.05, 3.63) is 72.8 Å². The standard InChI is InChI=1S/3C9H11O.Bi/c3*1-8(2)10-9-6-4-3-5-7-9;/h3*3-6,8H,1-2H3;. The van der Waals surface area contributed by atoms with Gasteiger partial charge in [-0.1, -0.05) is 0 Å². The monoisotopic (exact) mass is 614 g/mol. The molecular formula is C27H33BiO3. The van der Waals surface area contributed by atoms with Crippen molar-refractivity contribution in [1.82, 2.24) is 0 Å². The molecule has 164 valence electrons. The van der Waals surface area contributed by atoms with Crippen LogP contribution in [0.1, 0.15) is 41.5 Å². The Bertz CT molecular complexity index is 854. The maximum atomic E-state index is 6.28. The minimum absolute atomic E-state index is 0.108. The van der Waals surface area contributed by atoms with E-state index in [0.29, 0.717) is 0 Å². The molecule has 0 aliphatic heterocycles. The van der Waals surface area contributed by atoms with Gasteiger partial charge in [0.1, 0.15) is 0 Å². The molecule has 31 heavy (non-hydrogen) atoms. The van der Waals surface area contributed by atoms with Gasteiger partial charge in [0.15, 0.2) is 0 Å². The van der Waals surface area contributed by atoms with Crippen LogP contribution < -0.4 is 24.0 Å². The fourth-order valence-corrected chi connectivity index (χ4v) is 13.2. The van der Waals surface area contributed by atoms with E-state index in [1.165, 1.54) is 9.81 Å². The number of hydrogen-bond acceptors (Lipinski definition) is 3. The zero-order valence-electron chi connectivity index (χ0n) is 19.3. The van der Waals surface area contributed by atoms with E-state index in [2.05, 4.69) is 114 Å². The molecule has 0 heterocycles. The third kappa shape index (κ3) is 6.23. The van der Waals surface area contributed by atoms with E-state index in [1.807, 2.05) is 0 Å². The van der Waals surface area contributed by atoms with E-state index >= 15 is 0 Å². The molecule has 0 saturated carbocycles. The normalized spacial score (nSPS) is 11.4. The number of para-hydroxylation sites is 3. The number of ether oxygens (including phenoxy) is 3. The summed E-state index contributed by atoms with van der Waals surface area (Å²) >= 11 is -2.86. The molecule has 0 N–H and O–H groups in total. The number of hydrogen-bond donors (Lipinski definition) is 0. The topological polar surface area (TPSA) is 27.7 Å². The van der Waals surface area contributed by atoms with Crippen LogP contribution in [0.3, 0.4) is 0 Å². The Kier molecular flexibility index (Phi) is 8.38. The van der Waals surface area contributed by atoms with Gasteiger partial charge in [0.25, 0.3) is 0 Å². The molecular weight excluding hydrogens is 581 g/mol. The molecule has 3 rings (SSSR count). The van der Waals surface area contributed by atoms with Crippen molar-refractivity contribution in [2.24, 2.45) is 0 Å². The zero-order valence-corrected chi connectivity index (χ0v) is 22.8. The van der Waals surface area contributed by atoms with Crippen LogP contribution in [0.5, 0.6) is 17.2 Å². The van der Waals surface area contributed by atoms with E-state index in [9.17, 15) is 0 Å². The molecule has 0 unspecified atom stereocenters. The summed E-state index contributed by atoms with van der Waals surface area (Å²) in [6.45, 7) is 12.5. The predicted molar refractivity (Wildman–Crippen MR) is 131 cm³/mol. The minimum atomic E-state index is -2.86. The molecule has 0 fully saturated rings. The quantitative estimate of drug-likeness (QED) is 0.331. The molecule has 0 spiro atoms. The van der Waals surface area contributed by atoms with Gasteiger partial charge in [-0.05, 0) is 0 Å². The average molecular weight is 615 g/mol. The molecule has 3 nitrogen and oxygen atoms in total. The Morgan fingerprint density at radius 3 is 0.968 bits per heavy atom. The van der Waals surface area contributed by atoms with Crippen molar-refractivity contribution in [2.75, 3.05) is 0 Å². The van der Waals surface area contributed by atoms with Gasteiger partial charge in [0.2, 0.25) is 0 Å². The average Bonchev–Trinajstić information content (AvgIpc) is 2.70. The van der Waals surface area contributed by atoms with Crippen LogP contribution in [0, 0.1) is 0 Å². The van der Waals surface area contributed by atoms with Crippen LogP contribution >= 0.6 is 0 Å². The molecule has 4 heteroatoms. The van der Waals surface area contributed by atoms with Crippen LogP contribution in [-0.4, -0.2) is 40.1 Å². The van der Waals surface area contributed by atoms with E-state index in [1.54, 1.807) is 0 Å². The number of rotatable bonds is 9. The zero-order chi connectivity index (χ0) is 22.4. The van der Waals surface area contributed by atoms with Gasteiger partial charge in [-0.15, -0.1) is 0 Å². The summed E-state index contributed by atoms with van der Waals surface area (Å²) in [5, 5.41) is 0. The van der Waals surface area contributed by atoms with Crippen LogP contribution in [0.4, 0.5) is 0 Å². The summed E-state index contributed by atoms with van der Waals surface area (Å²) < 4.78 is 22.7. The van der Waals surface area contributed by atoms with Crippen molar-refractivity contribution >= 4 is 31.6 Å². The summed E-state index contributed by atoms with van der Waals surface area (Å²) in [6.07, 6.45) is 0.323. The molecule has 0 amide bonds. The molecule has 0 saturated heterocycles. The van der Waals surface area contributed by atoms with Gasteiger partial charge in [-0.2, -0.15) is 0 Å². The second kappa shape index (κ2) is 11.0. The van der Waals surface area contributed by atoms with Crippen LogP contribution in [0.15, 0.2) is 72.8 Å². The van der Waals surface area contributed by atoms with E-state index in [4.69, 9.17) is 14.2 Å². The Morgan fingerprint density at radius 1 is 0.452 bits per heavy atom. The molecule has 0 bridgehead atoms. The molecule has 0 aliphatic rings. The summed E-state index contributed by atoms with van der Waals surface area (Å²) in [6, 6.07) is 25.5. The Morgan fingerprint density at radius 2 is 0.710 bits per heavy atom. The summed E-state index contributed by atoms with van der Waals surface area (Å²) in [5.74, 6) is 2.90. The third-order valence-corrected chi connectivity index (χ3v) is 14.3. The SMILES string of the molecule is CC(C)Oc1cccc[c]1[Bi]([c]1ccccc1OC(C)C)[c]1ccccc1OC(C)C. The van der Waals surface area contributed by atoms with Crippen molar-refractivity contribution < 1.29 is 14.2 Å². The van der Waals surface area contributed by atoms with Crippen molar-refractivity contribution in [3.63, 3.8) is 0 Å². The van der Waals surface area contributed by atoms with Gasteiger partial charge in [0, 0.05) is 0 Å². The second-order valence-electron chi connectivity index (χ2n) is 8.24. The van der Waals surface area contributed by atoms with Gasteiger partial charge in [-0.3, -0.25) is 0 Å².